The van der Waals surface area contributed by atoms with Gasteiger partial charge in [-0.05, 0) is 62.6 Å². The molecule has 0 spiro atoms. The molecule has 0 N–H and O–H groups in total. The molecule has 1 aliphatic rings. The highest BCUT2D eigenvalue weighted by atomic mass is 79.9. The summed E-state index contributed by atoms with van der Waals surface area (Å²) in [6.45, 7) is 27.2. The third kappa shape index (κ3) is 8.86. The summed E-state index contributed by atoms with van der Waals surface area (Å²) in [5.74, 6) is -2.15. The molecule has 10 heteroatoms. The van der Waals surface area contributed by atoms with E-state index in [0.29, 0.717) is 0 Å². The second-order valence-electron chi connectivity index (χ2n) is 14.9. The summed E-state index contributed by atoms with van der Waals surface area (Å²) in [7, 11) is -4.70. The molecule has 1 amide bonds. The van der Waals surface area contributed by atoms with Crippen molar-refractivity contribution in [3.8, 4) is 0 Å². The first kappa shape index (κ1) is 35.9. The SMILES string of the molecule is CC(C)(C)OC(=O)/C=C/[C@H](CO[Si](C)(C)C(C)(C)C)N1C(=O)[C@H](c2ccccc2)OC1(CBr)O[Si](C)(C)C(C)(C)C. The van der Waals surface area contributed by atoms with E-state index in [1.165, 1.54) is 6.08 Å². The first-order valence-electron chi connectivity index (χ1n) is 14.3. The second kappa shape index (κ2) is 12.7. The number of rotatable bonds is 10. The van der Waals surface area contributed by atoms with Crippen molar-refractivity contribution in [1.29, 1.82) is 0 Å². The molecule has 41 heavy (non-hydrogen) atoms. The molecule has 0 bridgehead atoms. The lowest BCUT2D eigenvalue weighted by molar-refractivity contribution is -0.234. The largest absolute Gasteiger partial charge is 0.457 e. The third-order valence-electron chi connectivity index (χ3n) is 8.24. The van der Waals surface area contributed by atoms with Gasteiger partial charge in [0.15, 0.2) is 22.7 Å². The molecule has 1 aliphatic heterocycles. The fourth-order valence-electron chi connectivity index (χ4n) is 3.84. The molecule has 0 aromatic heterocycles. The lowest BCUT2D eigenvalue weighted by atomic mass is 10.1. The molecule has 1 unspecified atom stereocenters. The van der Waals surface area contributed by atoms with E-state index in [0.717, 1.165) is 5.56 Å². The van der Waals surface area contributed by atoms with Crippen molar-refractivity contribution in [3.63, 3.8) is 0 Å². The first-order valence-corrected chi connectivity index (χ1v) is 21.3. The standard InChI is InChI=1S/C31H52BrNO6Si2/c1-28(2,3)37-25(34)20-19-24(21-36-40(10,11)29(4,5)6)33-27(35)26(23-17-15-14-16-18-23)38-31(33,22-32)39-41(12,13)30(7,8)9/h14-20,24,26H,21-22H2,1-13H3/b20-19+/t24-,26+,31?/m1/s1. The van der Waals surface area contributed by atoms with Crippen LogP contribution in [0.25, 0.3) is 0 Å². The Morgan fingerprint density at radius 3 is 2.00 bits per heavy atom. The van der Waals surface area contributed by atoms with Gasteiger partial charge in [-0.1, -0.05) is 93.9 Å². The number of nitrogens with zero attached hydrogens (tertiary/aromatic N) is 1. The number of halogens is 1. The molecule has 7 nitrogen and oxygen atoms in total. The average molecular weight is 671 g/mol. The van der Waals surface area contributed by atoms with Crippen LogP contribution in [0, 0.1) is 0 Å². The summed E-state index contributed by atoms with van der Waals surface area (Å²) in [5.41, 5.74) is 0.0919. The number of carbonyl (C=O) groups is 2. The topological polar surface area (TPSA) is 74.3 Å². The summed E-state index contributed by atoms with van der Waals surface area (Å²) in [5, 5.41) is 0.0255. The van der Waals surface area contributed by atoms with Crippen LogP contribution in [0.2, 0.25) is 36.3 Å². The minimum Gasteiger partial charge on any atom is -0.457 e. The second-order valence-corrected chi connectivity index (χ2v) is 25.0. The Kier molecular flexibility index (Phi) is 11.2. The fraction of sp³-hybridized carbons (Fsp3) is 0.677. The molecule has 1 aromatic rings. The third-order valence-corrected chi connectivity index (χ3v) is 17.9. The normalized spacial score (nSPS) is 22.0. The number of hydrogen-bond acceptors (Lipinski definition) is 6. The van der Waals surface area contributed by atoms with Crippen molar-refractivity contribution in [1.82, 2.24) is 4.90 Å². The van der Waals surface area contributed by atoms with Gasteiger partial charge in [-0.2, -0.15) is 0 Å². The van der Waals surface area contributed by atoms with Gasteiger partial charge in [0, 0.05) is 6.08 Å². The van der Waals surface area contributed by atoms with Crippen LogP contribution in [0.1, 0.15) is 74.0 Å². The van der Waals surface area contributed by atoms with Crippen LogP contribution < -0.4 is 0 Å². The van der Waals surface area contributed by atoms with E-state index in [2.05, 4.69) is 83.7 Å². The van der Waals surface area contributed by atoms with Gasteiger partial charge >= 0.3 is 5.97 Å². The Balaban J connectivity index is 2.69. The van der Waals surface area contributed by atoms with Crippen LogP contribution in [0.5, 0.6) is 0 Å². The average Bonchev–Trinajstić information content (AvgIpc) is 3.09. The number of carbonyl (C=O) groups excluding carboxylic acids is 2. The van der Waals surface area contributed by atoms with Crippen LogP contribution in [-0.2, 0) is 27.9 Å². The highest BCUT2D eigenvalue weighted by molar-refractivity contribution is 9.09. The number of ether oxygens (including phenoxy) is 2. The van der Waals surface area contributed by atoms with Gasteiger partial charge in [0.1, 0.15) is 5.60 Å². The molecule has 232 valence electrons. The molecule has 1 saturated heterocycles. The van der Waals surface area contributed by atoms with E-state index >= 15 is 0 Å². The van der Waals surface area contributed by atoms with E-state index in [4.69, 9.17) is 18.3 Å². The molecule has 1 aromatic carbocycles. The maximum atomic E-state index is 14.4. The van der Waals surface area contributed by atoms with E-state index in [-0.39, 0.29) is 27.9 Å². The van der Waals surface area contributed by atoms with Crippen LogP contribution >= 0.6 is 15.9 Å². The molecule has 3 atom stereocenters. The van der Waals surface area contributed by atoms with Crippen LogP contribution in [-0.4, -0.2) is 62.9 Å². The Morgan fingerprint density at radius 1 is 1.00 bits per heavy atom. The minimum absolute atomic E-state index is 0.0470. The highest BCUT2D eigenvalue weighted by Gasteiger charge is 2.59. The molecule has 2 rings (SSSR count). The molecular formula is C31H52BrNO6Si2. The number of esters is 1. The number of hydrogen-bond donors (Lipinski definition) is 0. The zero-order valence-electron chi connectivity index (χ0n) is 27.4. The zero-order valence-corrected chi connectivity index (χ0v) is 31.0. The monoisotopic (exact) mass is 669 g/mol. The molecule has 1 heterocycles. The van der Waals surface area contributed by atoms with Crippen molar-refractivity contribution in [3.05, 3.63) is 48.0 Å². The first-order chi connectivity index (χ1) is 18.5. The predicted octanol–water partition coefficient (Wildman–Crippen LogP) is 7.95. The van der Waals surface area contributed by atoms with Crippen LogP contribution in [0.4, 0.5) is 0 Å². The van der Waals surface area contributed by atoms with Gasteiger partial charge in [0.05, 0.1) is 18.0 Å². The van der Waals surface area contributed by atoms with Gasteiger partial charge in [-0.25, -0.2) is 4.79 Å². The van der Waals surface area contributed by atoms with Gasteiger partial charge in [0.25, 0.3) is 11.8 Å². The van der Waals surface area contributed by atoms with Crippen LogP contribution in [0.3, 0.4) is 0 Å². The Morgan fingerprint density at radius 2 is 1.54 bits per heavy atom. The summed E-state index contributed by atoms with van der Waals surface area (Å²) in [6.07, 6.45) is 2.21. The number of amides is 1. The van der Waals surface area contributed by atoms with Gasteiger partial charge in [-0.3, -0.25) is 9.69 Å². The summed E-state index contributed by atoms with van der Waals surface area (Å²) in [6, 6.07) is 8.80. The molecule has 0 aliphatic carbocycles. The fourth-order valence-corrected chi connectivity index (χ4v) is 6.91. The van der Waals surface area contributed by atoms with E-state index in [9.17, 15) is 9.59 Å². The molecule has 0 saturated carbocycles. The van der Waals surface area contributed by atoms with Crippen molar-refractivity contribution in [2.45, 2.75) is 122 Å². The maximum absolute atomic E-state index is 14.4. The minimum atomic E-state index is -2.47. The van der Waals surface area contributed by atoms with Gasteiger partial charge < -0.3 is 18.3 Å². The molecular weight excluding hydrogens is 618 g/mol. The highest BCUT2D eigenvalue weighted by Crippen LogP contribution is 2.47. The Hall–Kier alpha value is -1.31. The van der Waals surface area contributed by atoms with Crippen molar-refractivity contribution in [2.24, 2.45) is 0 Å². The quantitative estimate of drug-likeness (QED) is 0.109. The number of benzene rings is 1. The Labute approximate surface area is 258 Å². The van der Waals surface area contributed by atoms with E-state index < -0.39 is 46.3 Å². The van der Waals surface area contributed by atoms with Gasteiger partial charge in [-0.15, -0.1) is 0 Å². The van der Waals surface area contributed by atoms with Crippen molar-refractivity contribution >= 4 is 44.4 Å². The van der Waals surface area contributed by atoms with E-state index in [1.54, 1.807) is 11.0 Å². The Bertz CT molecular complexity index is 1090. The number of alkyl halides is 1. The van der Waals surface area contributed by atoms with Crippen molar-refractivity contribution < 1.29 is 27.9 Å². The van der Waals surface area contributed by atoms with Crippen LogP contribution in [0.15, 0.2) is 42.5 Å². The maximum Gasteiger partial charge on any atom is 0.331 e. The summed E-state index contributed by atoms with van der Waals surface area (Å²) < 4.78 is 25.8. The summed E-state index contributed by atoms with van der Waals surface area (Å²) >= 11 is 3.66. The van der Waals surface area contributed by atoms with Gasteiger partial charge in [0.2, 0.25) is 0 Å². The van der Waals surface area contributed by atoms with E-state index in [1.807, 2.05) is 51.1 Å². The van der Waals surface area contributed by atoms with Crippen molar-refractivity contribution in [2.75, 3.05) is 11.9 Å². The zero-order chi connectivity index (χ0) is 31.7. The molecule has 1 fully saturated rings. The molecule has 0 radical (unpaired) electrons. The lowest BCUT2D eigenvalue weighted by Crippen LogP contribution is -2.61. The predicted molar refractivity (Wildman–Crippen MR) is 174 cm³/mol. The summed E-state index contributed by atoms with van der Waals surface area (Å²) in [4.78, 5) is 28.8. The lowest BCUT2D eigenvalue weighted by Gasteiger charge is -2.47. The smallest absolute Gasteiger partial charge is 0.331 e.